The molecule has 1 aliphatic carbocycles. The first kappa shape index (κ1) is 14.8. The van der Waals surface area contributed by atoms with E-state index < -0.39 is 0 Å². The average Bonchev–Trinajstić information content (AvgIpc) is 2.91. The van der Waals surface area contributed by atoms with Crippen LogP contribution in [0.4, 0.5) is 0 Å². The second-order valence-electron chi connectivity index (χ2n) is 6.19. The Balaban J connectivity index is 1.58. The lowest BCUT2D eigenvalue weighted by Crippen LogP contribution is -2.33. The molecule has 19 heavy (non-hydrogen) atoms. The van der Waals surface area contributed by atoms with Gasteiger partial charge in [0.05, 0.1) is 0 Å². The minimum absolute atomic E-state index is 0.189. The quantitative estimate of drug-likeness (QED) is 0.680. The Hall–Kier alpha value is -0.610. The molecule has 3 N–H and O–H groups in total. The monoisotopic (exact) mass is 268 g/mol. The number of piperidine rings is 1. The third-order valence-electron chi connectivity index (χ3n) is 4.79. The van der Waals surface area contributed by atoms with Gasteiger partial charge >= 0.3 is 0 Å². The van der Waals surface area contributed by atoms with Crippen molar-refractivity contribution in [2.45, 2.75) is 44.9 Å². The van der Waals surface area contributed by atoms with Crippen molar-refractivity contribution in [3.63, 3.8) is 0 Å². The van der Waals surface area contributed by atoms with Crippen molar-refractivity contribution >= 4 is 5.91 Å². The van der Waals surface area contributed by atoms with Gasteiger partial charge in [0.2, 0.25) is 5.91 Å². The Kier molecular flexibility index (Phi) is 6.11. The van der Waals surface area contributed by atoms with Gasteiger partial charge in [-0.25, -0.2) is 0 Å². The van der Waals surface area contributed by atoms with E-state index in [0.717, 1.165) is 38.9 Å². The van der Waals surface area contributed by atoms with E-state index in [9.17, 15) is 9.90 Å². The van der Waals surface area contributed by atoms with Crippen LogP contribution in [0.1, 0.15) is 44.9 Å². The SMILES string of the molecule is O=C(CCC1CCCNC1)NCC1CCCC1CO. The number of carbonyl (C=O) groups excluding carboxylic acids is 1. The Morgan fingerprint density at radius 1 is 1.21 bits per heavy atom. The van der Waals surface area contributed by atoms with E-state index in [2.05, 4.69) is 10.6 Å². The van der Waals surface area contributed by atoms with Crippen LogP contribution in [-0.4, -0.2) is 37.3 Å². The highest BCUT2D eigenvalue weighted by Crippen LogP contribution is 2.30. The molecule has 1 saturated carbocycles. The molecule has 3 atom stereocenters. The van der Waals surface area contributed by atoms with Crippen LogP contribution in [0.25, 0.3) is 0 Å². The molecule has 1 aliphatic heterocycles. The number of rotatable bonds is 6. The van der Waals surface area contributed by atoms with Gasteiger partial charge < -0.3 is 15.7 Å². The summed E-state index contributed by atoms with van der Waals surface area (Å²) in [5.74, 6) is 1.76. The summed E-state index contributed by atoms with van der Waals surface area (Å²) in [6.45, 7) is 3.23. The Morgan fingerprint density at radius 2 is 2.05 bits per heavy atom. The molecule has 3 unspecified atom stereocenters. The molecule has 2 rings (SSSR count). The summed E-state index contributed by atoms with van der Waals surface area (Å²) in [5.41, 5.74) is 0. The van der Waals surface area contributed by atoms with E-state index in [0.29, 0.717) is 24.2 Å². The molecule has 2 fully saturated rings. The predicted molar refractivity (Wildman–Crippen MR) is 75.8 cm³/mol. The minimum Gasteiger partial charge on any atom is -0.396 e. The molecule has 4 nitrogen and oxygen atoms in total. The Morgan fingerprint density at radius 3 is 2.79 bits per heavy atom. The maximum atomic E-state index is 11.8. The second kappa shape index (κ2) is 7.85. The maximum absolute atomic E-state index is 11.8. The molecule has 0 aromatic heterocycles. The molecule has 0 aromatic carbocycles. The minimum atomic E-state index is 0.189. The van der Waals surface area contributed by atoms with E-state index in [1.165, 1.54) is 19.3 Å². The third-order valence-corrected chi connectivity index (χ3v) is 4.79. The summed E-state index contributed by atoms with van der Waals surface area (Å²) < 4.78 is 0. The lowest BCUT2D eigenvalue weighted by Gasteiger charge is -2.22. The highest BCUT2D eigenvalue weighted by Gasteiger charge is 2.26. The zero-order valence-electron chi connectivity index (χ0n) is 11.9. The number of hydrogen-bond acceptors (Lipinski definition) is 3. The van der Waals surface area contributed by atoms with Crippen molar-refractivity contribution in [1.29, 1.82) is 0 Å². The molecule has 1 amide bonds. The number of amides is 1. The van der Waals surface area contributed by atoms with Crippen molar-refractivity contribution in [3.8, 4) is 0 Å². The fraction of sp³-hybridized carbons (Fsp3) is 0.933. The maximum Gasteiger partial charge on any atom is 0.220 e. The van der Waals surface area contributed by atoms with Crippen molar-refractivity contribution in [2.75, 3.05) is 26.2 Å². The van der Waals surface area contributed by atoms with Gasteiger partial charge in [-0.15, -0.1) is 0 Å². The largest absolute Gasteiger partial charge is 0.396 e. The van der Waals surface area contributed by atoms with Crippen LogP contribution in [-0.2, 0) is 4.79 Å². The van der Waals surface area contributed by atoms with E-state index in [1.54, 1.807) is 0 Å². The standard InChI is InChI=1S/C15H28N2O2/c18-11-14-5-1-4-13(14)10-17-15(19)7-6-12-3-2-8-16-9-12/h12-14,16,18H,1-11H2,(H,17,19). The fourth-order valence-corrected chi connectivity index (χ4v) is 3.46. The van der Waals surface area contributed by atoms with E-state index in [-0.39, 0.29) is 12.5 Å². The van der Waals surface area contributed by atoms with Gasteiger partial charge in [-0.05, 0) is 62.9 Å². The number of aliphatic hydroxyl groups is 1. The molecule has 1 heterocycles. The van der Waals surface area contributed by atoms with Crippen LogP contribution in [0.15, 0.2) is 0 Å². The summed E-state index contributed by atoms with van der Waals surface area (Å²) in [6.07, 6.45) is 7.63. The fourth-order valence-electron chi connectivity index (χ4n) is 3.46. The zero-order chi connectivity index (χ0) is 13.5. The van der Waals surface area contributed by atoms with Gasteiger partial charge in [0.25, 0.3) is 0 Å². The topological polar surface area (TPSA) is 61.4 Å². The van der Waals surface area contributed by atoms with Crippen molar-refractivity contribution in [2.24, 2.45) is 17.8 Å². The van der Waals surface area contributed by atoms with E-state index in [1.807, 2.05) is 0 Å². The molecule has 0 radical (unpaired) electrons. The third kappa shape index (κ3) is 4.77. The Labute approximate surface area is 116 Å². The molecule has 110 valence electrons. The lowest BCUT2D eigenvalue weighted by atomic mass is 9.94. The smallest absolute Gasteiger partial charge is 0.220 e. The van der Waals surface area contributed by atoms with Gasteiger partial charge in [0.15, 0.2) is 0 Å². The van der Waals surface area contributed by atoms with Crippen molar-refractivity contribution in [1.82, 2.24) is 10.6 Å². The Bertz CT molecular complexity index is 277. The summed E-state index contributed by atoms with van der Waals surface area (Å²) in [6, 6.07) is 0. The van der Waals surface area contributed by atoms with Gasteiger partial charge in [0.1, 0.15) is 0 Å². The second-order valence-corrected chi connectivity index (χ2v) is 6.19. The van der Waals surface area contributed by atoms with Crippen molar-refractivity contribution < 1.29 is 9.90 Å². The van der Waals surface area contributed by atoms with E-state index >= 15 is 0 Å². The molecular formula is C15H28N2O2. The van der Waals surface area contributed by atoms with Gasteiger partial charge in [0, 0.05) is 19.6 Å². The summed E-state index contributed by atoms with van der Waals surface area (Å²) in [7, 11) is 0. The van der Waals surface area contributed by atoms with E-state index in [4.69, 9.17) is 0 Å². The molecular weight excluding hydrogens is 240 g/mol. The van der Waals surface area contributed by atoms with Crippen LogP contribution >= 0.6 is 0 Å². The highest BCUT2D eigenvalue weighted by molar-refractivity contribution is 5.75. The average molecular weight is 268 g/mol. The van der Waals surface area contributed by atoms with Crippen LogP contribution < -0.4 is 10.6 Å². The van der Waals surface area contributed by atoms with Crippen molar-refractivity contribution in [3.05, 3.63) is 0 Å². The number of hydrogen-bond donors (Lipinski definition) is 3. The van der Waals surface area contributed by atoms with Crippen LogP contribution in [0.2, 0.25) is 0 Å². The molecule has 0 spiro atoms. The summed E-state index contributed by atoms with van der Waals surface area (Å²) in [4.78, 5) is 11.8. The molecule has 2 aliphatic rings. The van der Waals surface area contributed by atoms with Crippen LogP contribution in [0.3, 0.4) is 0 Å². The predicted octanol–water partition coefficient (Wildman–Crippen LogP) is 1.29. The highest BCUT2D eigenvalue weighted by atomic mass is 16.3. The summed E-state index contributed by atoms with van der Waals surface area (Å²) >= 11 is 0. The molecule has 1 saturated heterocycles. The molecule has 4 heteroatoms. The van der Waals surface area contributed by atoms with Gasteiger partial charge in [-0.1, -0.05) is 6.42 Å². The van der Waals surface area contributed by atoms with Gasteiger partial charge in [-0.3, -0.25) is 4.79 Å². The first-order valence-electron chi connectivity index (χ1n) is 7.88. The lowest BCUT2D eigenvalue weighted by molar-refractivity contribution is -0.121. The van der Waals surface area contributed by atoms with Gasteiger partial charge in [-0.2, -0.15) is 0 Å². The summed E-state index contributed by atoms with van der Waals surface area (Å²) in [5, 5.41) is 15.7. The molecule has 0 aromatic rings. The normalized spacial score (nSPS) is 31.3. The van der Waals surface area contributed by atoms with Crippen LogP contribution in [0, 0.1) is 17.8 Å². The first-order chi connectivity index (χ1) is 9.29. The number of aliphatic hydroxyl groups excluding tert-OH is 1. The number of carbonyl (C=O) groups is 1. The number of nitrogens with one attached hydrogen (secondary N) is 2. The van der Waals surface area contributed by atoms with Crippen LogP contribution in [0.5, 0.6) is 0 Å². The first-order valence-corrected chi connectivity index (χ1v) is 7.88. The molecule has 0 bridgehead atoms. The zero-order valence-corrected chi connectivity index (χ0v) is 11.9.